The summed E-state index contributed by atoms with van der Waals surface area (Å²) in [6.45, 7) is 4.43. The first-order valence-corrected chi connectivity index (χ1v) is 7.03. The predicted molar refractivity (Wildman–Crippen MR) is 74.4 cm³/mol. The lowest BCUT2D eigenvalue weighted by Gasteiger charge is -2.10. The normalized spacial score (nSPS) is 12.1. The van der Waals surface area contributed by atoms with Gasteiger partial charge in [0.15, 0.2) is 0 Å². The second kappa shape index (κ2) is 7.94. The number of nitro benzene ring substituents is 1. The van der Waals surface area contributed by atoms with Crippen LogP contribution in [-0.2, 0) is 0 Å². The molecule has 0 amide bonds. The van der Waals surface area contributed by atoms with Gasteiger partial charge in [-0.15, -0.1) is 0 Å². The SMILES string of the molecule is CSC(C)CNCCOc1ccc([N+](=O)[O-])cc1. The zero-order chi connectivity index (χ0) is 13.4. The van der Waals surface area contributed by atoms with Crippen LogP contribution >= 0.6 is 11.8 Å². The van der Waals surface area contributed by atoms with Gasteiger partial charge in [0.2, 0.25) is 0 Å². The number of non-ortho nitro benzene ring substituents is 1. The number of rotatable bonds is 8. The van der Waals surface area contributed by atoms with Crippen LogP contribution in [0.1, 0.15) is 6.92 Å². The van der Waals surface area contributed by atoms with Crippen LogP contribution in [0.2, 0.25) is 0 Å². The molecule has 1 N–H and O–H groups in total. The van der Waals surface area contributed by atoms with E-state index in [1.807, 2.05) is 11.8 Å². The Kier molecular flexibility index (Phi) is 6.53. The summed E-state index contributed by atoms with van der Waals surface area (Å²) in [5.41, 5.74) is 0.0780. The van der Waals surface area contributed by atoms with Crippen molar-refractivity contribution < 1.29 is 9.66 Å². The van der Waals surface area contributed by atoms with Crippen molar-refractivity contribution in [2.75, 3.05) is 26.0 Å². The summed E-state index contributed by atoms with van der Waals surface area (Å²) < 4.78 is 5.46. The fraction of sp³-hybridized carbons (Fsp3) is 0.500. The van der Waals surface area contributed by atoms with Crippen LogP contribution in [0.5, 0.6) is 5.75 Å². The van der Waals surface area contributed by atoms with Gasteiger partial charge >= 0.3 is 0 Å². The van der Waals surface area contributed by atoms with Crippen LogP contribution in [0.15, 0.2) is 24.3 Å². The number of hydrogen-bond donors (Lipinski definition) is 1. The minimum atomic E-state index is -0.421. The molecular formula is C12H18N2O3S. The Morgan fingerprint density at radius 1 is 1.44 bits per heavy atom. The highest BCUT2D eigenvalue weighted by atomic mass is 32.2. The molecule has 0 aliphatic heterocycles. The van der Waals surface area contributed by atoms with Crippen LogP contribution in [0.4, 0.5) is 5.69 Å². The summed E-state index contributed by atoms with van der Waals surface area (Å²) in [4.78, 5) is 10.0. The smallest absolute Gasteiger partial charge is 0.269 e. The molecule has 0 aromatic heterocycles. The highest BCUT2D eigenvalue weighted by Gasteiger charge is 2.04. The summed E-state index contributed by atoms with van der Waals surface area (Å²) in [6, 6.07) is 6.11. The Labute approximate surface area is 111 Å². The van der Waals surface area contributed by atoms with Gasteiger partial charge in [-0.05, 0) is 18.4 Å². The molecule has 1 aromatic rings. The van der Waals surface area contributed by atoms with E-state index in [0.717, 1.165) is 13.1 Å². The lowest BCUT2D eigenvalue weighted by atomic mass is 10.3. The number of benzene rings is 1. The maximum Gasteiger partial charge on any atom is 0.269 e. The quantitative estimate of drug-likeness (QED) is 0.446. The van der Waals surface area contributed by atoms with Crippen LogP contribution in [0.3, 0.4) is 0 Å². The maximum atomic E-state index is 10.5. The molecule has 0 bridgehead atoms. The first kappa shape index (κ1) is 14.8. The zero-order valence-electron chi connectivity index (χ0n) is 10.6. The fourth-order valence-electron chi connectivity index (χ4n) is 1.29. The molecule has 0 saturated heterocycles. The van der Waals surface area contributed by atoms with Crippen molar-refractivity contribution in [3.8, 4) is 5.75 Å². The molecule has 0 aliphatic carbocycles. The van der Waals surface area contributed by atoms with E-state index in [1.165, 1.54) is 12.1 Å². The van der Waals surface area contributed by atoms with Crippen molar-refractivity contribution in [2.24, 2.45) is 0 Å². The predicted octanol–water partition coefficient (Wildman–Crippen LogP) is 2.31. The van der Waals surface area contributed by atoms with Gasteiger partial charge in [-0.1, -0.05) is 6.92 Å². The van der Waals surface area contributed by atoms with E-state index in [4.69, 9.17) is 4.74 Å². The van der Waals surface area contributed by atoms with Gasteiger partial charge in [0.1, 0.15) is 12.4 Å². The van der Waals surface area contributed by atoms with Crippen molar-refractivity contribution >= 4 is 17.4 Å². The standard InChI is InChI=1S/C12H18N2O3S/c1-10(18-2)9-13-7-8-17-12-5-3-11(4-6-12)14(15)16/h3-6,10,13H,7-9H2,1-2H3. The van der Waals surface area contributed by atoms with Crippen molar-refractivity contribution in [3.63, 3.8) is 0 Å². The van der Waals surface area contributed by atoms with Gasteiger partial charge in [0, 0.05) is 30.5 Å². The van der Waals surface area contributed by atoms with Gasteiger partial charge in [-0.3, -0.25) is 10.1 Å². The Morgan fingerprint density at radius 2 is 2.11 bits per heavy atom. The molecule has 0 radical (unpaired) electrons. The number of nitrogens with zero attached hydrogens (tertiary/aromatic N) is 1. The first-order chi connectivity index (χ1) is 8.63. The maximum absolute atomic E-state index is 10.5. The fourth-order valence-corrected chi connectivity index (χ4v) is 1.58. The average molecular weight is 270 g/mol. The van der Waals surface area contributed by atoms with Crippen molar-refractivity contribution in [3.05, 3.63) is 34.4 Å². The number of nitrogens with one attached hydrogen (secondary N) is 1. The summed E-state index contributed by atoms with van der Waals surface area (Å²) >= 11 is 1.82. The highest BCUT2D eigenvalue weighted by molar-refractivity contribution is 7.99. The van der Waals surface area contributed by atoms with E-state index in [1.54, 1.807) is 12.1 Å². The molecule has 0 saturated carbocycles. The van der Waals surface area contributed by atoms with Gasteiger partial charge < -0.3 is 10.1 Å². The van der Waals surface area contributed by atoms with E-state index in [2.05, 4.69) is 18.5 Å². The zero-order valence-corrected chi connectivity index (χ0v) is 11.4. The third kappa shape index (κ3) is 5.37. The van der Waals surface area contributed by atoms with Crippen molar-refractivity contribution in [2.45, 2.75) is 12.2 Å². The van der Waals surface area contributed by atoms with Gasteiger partial charge in [-0.2, -0.15) is 11.8 Å². The molecule has 1 rings (SSSR count). The Hall–Kier alpha value is -1.27. The summed E-state index contributed by atoms with van der Waals surface area (Å²) in [5, 5.41) is 14.3. The van der Waals surface area contributed by atoms with Gasteiger partial charge in [-0.25, -0.2) is 0 Å². The monoisotopic (exact) mass is 270 g/mol. The first-order valence-electron chi connectivity index (χ1n) is 5.74. The molecule has 0 aliphatic rings. The summed E-state index contributed by atoms with van der Waals surface area (Å²) in [6.07, 6.45) is 2.08. The highest BCUT2D eigenvalue weighted by Crippen LogP contribution is 2.16. The van der Waals surface area contributed by atoms with Gasteiger partial charge in [0.25, 0.3) is 5.69 Å². The third-order valence-electron chi connectivity index (χ3n) is 2.43. The lowest BCUT2D eigenvalue weighted by molar-refractivity contribution is -0.384. The molecule has 6 heteroatoms. The third-order valence-corrected chi connectivity index (χ3v) is 3.40. The largest absolute Gasteiger partial charge is 0.492 e. The second-order valence-electron chi connectivity index (χ2n) is 3.85. The van der Waals surface area contributed by atoms with E-state index >= 15 is 0 Å². The number of hydrogen-bond acceptors (Lipinski definition) is 5. The number of nitro groups is 1. The number of ether oxygens (including phenoxy) is 1. The van der Waals surface area contributed by atoms with Crippen LogP contribution in [0, 0.1) is 10.1 Å². The molecule has 18 heavy (non-hydrogen) atoms. The summed E-state index contributed by atoms with van der Waals surface area (Å²) in [7, 11) is 0. The second-order valence-corrected chi connectivity index (χ2v) is 5.13. The molecule has 5 nitrogen and oxygen atoms in total. The van der Waals surface area contributed by atoms with Crippen LogP contribution in [-0.4, -0.2) is 36.1 Å². The molecule has 0 heterocycles. The van der Waals surface area contributed by atoms with E-state index in [-0.39, 0.29) is 5.69 Å². The average Bonchev–Trinajstić information content (AvgIpc) is 2.38. The minimum absolute atomic E-state index is 0.0780. The topological polar surface area (TPSA) is 64.4 Å². The molecule has 0 spiro atoms. The Morgan fingerprint density at radius 3 is 2.67 bits per heavy atom. The van der Waals surface area contributed by atoms with E-state index in [9.17, 15) is 10.1 Å². The van der Waals surface area contributed by atoms with Gasteiger partial charge in [0.05, 0.1) is 4.92 Å². The van der Waals surface area contributed by atoms with E-state index < -0.39 is 4.92 Å². The summed E-state index contributed by atoms with van der Waals surface area (Å²) in [5.74, 6) is 0.653. The number of thioether (sulfide) groups is 1. The van der Waals surface area contributed by atoms with E-state index in [0.29, 0.717) is 17.6 Å². The van der Waals surface area contributed by atoms with Crippen LogP contribution < -0.4 is 10.1 Å². The molecule has 1 atom stereocenters. The molecule has 1 aromatic carbocycles. The lowest BCUT2D eigenvalue weighted by Crippen LogP contribution is -2.27. The minimum Gasteiger partial charge on any atom is -0.492 e. The Bertz CT molecular complexity index is 370. The Balaban J connectivity index is 2.21. The van der Waals surface area contributed by atoms with Crippen molar-refractivity contribution in [1.29, 1.82) is 0 Å². The molecule has 1 unspecified atom stereocenters. The molecular weight excluding hydrogens is 252 g/mol. The molecule has 100 valence electrons. The van der Waals surface area contributed by atoms with Crippen molar-refractivity contribution in [1.82, 2.24) is 5.32 Å². The molecule has 0 fully saturated rings. The van der Waals surface area contributed by atoms with Crippen LogP contribution in [0.25, 0.3) is 0 Å².